The van der Waals surface area contributed by atoms with E-state index in [1.54, 1.807) is 0 Å². The first-order valence-electron chi connectivity index (χ1n) is 1.34. The average molecular weight is 281 g/mol. The molecule has 0 saturated heterocycles. The molecule has 5 heavy (non-hydrogen) atoms. The fourth-order valence-corrected chi connectivity index (χ4v) is 0. The van der Waals surface area contributed by atoms with Crippen molar-refractivity contribution in [2.75, 3.05) is 0 Å². The van der Waals surface area contributed by atoms with Crippen LogP contribution in [0.25, 0.3) is 0 Å². The Bertz CT molecular complexity index is 11.6. The SMILES string of the molecule is [Al].[CH3][Bi]([CH3])[CH3]. The number of hydrogen-bond acceptors (Lipinski definition) is 0. The van der Waals surface area contributed by atoms with Crippen molar-refractivity contribution in [1.29, 1.82) is 0 Å². The first-order valence-corrected chi connectivity index (χ1v) is 11.8. The summed E-state index contributed by atoms with van der Waals surface area (Å²) in [6.45, 7) is 0. The summed E-state index contributed by atoms with van der Waals surface area (Å²) in [6.07, 6.45) is 0. The van der Waals surface area contributed by atoms with Gasteiger partial charge >= 0.3 is 35.6 Å². The van der Waals surface area contributed by atoms with Gasteiger partial charge in [-0.2, -0.15) is 0 Å². The van der Waals surface area contributed by atoms with Crippen LogP contribution >= 0.6 is 0 Å². The third kappa shape index (κ3) is 31.5. The molecule has 0 unspecified atom stereocenters. The van der Waals surface area contributed by atoms with Crippen molar-refractivity contribution in [2.24, 2.45) is 0 Å². The monoisotopic (exact) mass is 281 g/mol. The van der Waals surface area contributed by atoms with Crippen LogP contribution in [0.3, 0.4) is 0 Å². The molecule has 0 aromatic heterocycles. The summed E-state index contributed by atoms with van der Waals surface area (Å²) in [6, 6.07) is 0. The zero-order valence-corrected chi connectivity index (χ0v) is 8.66. The molecule has 0 aliphatic rings. The third-order valence-corrected chi connectivity index (χ3v) is 0. The van der Waals surface area contributed by atoms with Crippen molar-refractivity contribution in [1.82, 2.24) is 0 Å². The molecule has 0 nitrogen and oxygen atoms in total. The fraction of sp³-hybridized carbons (Fsp3) is 1.00. The van der Waals surface area contributed by atoms with Gasteiger partial charge in [0, 0.05) is 17.4 Å². The Labute approximate surface area is 52.8 Å². The molecular weight excluding hydrogens is 272 g/mol. The molecule has 0 aromatic carbocycles. The van der Waals surface area contributed by atoms with Crippen LogP contribution in [-0.4, -0.2) is 39.1 Å². The fourth-order valence-electron chi connectivity index (χ4n) is 0. The quantitative estimate of drug-likeness (QED) is 0.581. The molecular formula is C3H9AlBi. The second-order valence-corrected chi connectivity index (χ2v) is 11.8. The standard InChI is InChI=1S/3CH3.Al.Bi/h3*1H3;;. The molecule has 0 atom stereocenters. The van der Waals surface area contributed by atoms with Crippen LogP contribution in [0.4, 0.5) is 0 Å². The van der Waals surface area contributed by atoms with Gasteiger partial charge in [-0.15, -0.1) is 0 Å². The molecule has 0 aliphatic carbocycles. The van der Waals surface area contributed by atoms with E-state index in [4.69, 9.17) is 0 Å². The Morgan fingerprint density at radius 1 is 1.00 bits per heavy atom. The van der Waals surface area contributed by atoms with Gasteiger partial charge in [0.25, 0.3) is 0 Å². The Morgan fingerprint density at radius 3 is 1.00 bits per heavy atom. The first-order chi connectivity index (χ1) is 1.73. The molecule has 0 rings (SSSR count). The van der Waals surface area contributed by atoms with Gasteiger partial charge < -0.3 is 0 Å². The van der Waals surface area contributed by atoms with E-state index in [9.17, 15) is 0 Å². The second-order valence-electron chi connectivity index (χ2n) is 1.34. The summed E-state index contributed by atoms with van der Waals surface area (Å²) in [5, 5.41) is 0. The molecule has 0 bridgehead atoms. The van der Waals surface area contributed by atoms with Crippen LogP contribution in [0.5, 0.6) is 0 Å². The maximum atomic E-state index is 2.37. The van der Waals surface area contributed by atoms with Crippen LogP contribution < -0.4 is 0 Å². The predicted molar refractivity (Wildman–Crippen MR) is 29.1 cm³/mol. The Hall–Kier alpha value is 1.42. The molecule has 0 spiro atoms. The molecule has 29 valence electrons. The molecule has 0 aliphatic heterocycles. The third-order valence-electron chi connectivity index (χ3n) is 0. The van der Waals surface area contributed by atoms with E-state index in [-0.39, 0.29) is 17.4 Å². The van der Waals surface area contributed by atoms with Gasteiger partial charge in [-0.3, -0.25) is 0 Å². The van der Waals surface area contributed by atoms with E-state index in [1.165, 1.54) is 0 Å². The van der Waals surface area contributed by atoms with Crippen LogP contribution in [0.2, 0.25) is 13.9 Å². The summed E-state index contributed by atoms with van der Waals surface area (Å²) in [5.74, 6) is 0. The van der Waals surface area contributed by atoms with Gasteiger partial charge in [0.05, 0.1) is 0 Å². The van der Waals surface area contributed by atoms with Crippen molar-refractivity contribution in [3.8, 4) is 0 Å². The summed E-state index contributed by atoms with van der Waals surface area (Å²) in [7, 11) is 0. The van der Waals surface area contributed by atoms with Gasteiger partial charge in [0.1, 0.15) is 0 Å². The minimum atomic E-state index is -0.593. The minimum absolute atomic E-state index is 0. The summed E-state index contributed by atoms with van der Waals surface area (Å²) < 4.78 is 7.11. The van der Waals surface area contributed by atoms with Crippen molar-refractivity contribution in [3.05, 3.63) is 0 Å². The van der Waals surface area contributed by atoms with Gasteiger partial charge in [-0.05, 0) is 0 Å². The molecule has 0 amide bonds. The van der Waals surface area contributed by atoms with Gasteiger partial charge in [-0.1, -0.05) is 0 Å². The Kier molecular flexibility index (Phi) is 10.5. The van der Waals surface area contributed by atoms with Crippen LogP contribution in [0.15, 0.2) is 0 Å². The van der Waals surface area contributed by atoms with E-state index < -0.39 is 21.8 Å². The predicted octanol–water partition coefficient (Wildman–Crippen LogP) is 0.990. The number of rotatable bonds is 0. The van der Waals surface area contributed by atoms with Gasteiger partial charge in [0.2, 0.25) is 0 Å². The van der Waals surface area contributed by atoms with Crippen LogP contribution in [0, 0.1) is 0 Å². The zero-order valence-electron chi connectivity index (χ0n) is 4.02. The van der Waals surface area contributed by atoms with E-state index >= 15 is 0 Å². The van der Waals surface area contributed by atoms with E-state index in [0.717, 1.165) is 0 Å². The van der Waals surface area contributed by atoms with Crippen molar-refractivity contribution < 1.29 is 0 Å². The molecule has 0 N–H and O–H groups in total. The summed E-state index contributed by atoms with van der Waals surface area (Å²) in [5.41, 5.74) is 0. The molecule has 0 heterocycles. The number of hydrogen-bond donors (Lipinski definition) is 0. The first kappa shape index (κ1) is 9.65. The Balaban J connectivity index is 0. The van der Waals surface area contributed by atoms with Crippen molar-refractivity contribution in [2.45, 2.75) is 13.9 Å². The summed E-state index contributed by atoms with van der Waals surface area (Å²) >= 11 is -0.593. The van der Waals surface area contributed by atoms with Crippen LogP contribution in [-0.2, 0) is 0 Å². The zero-order chi connectivity index (χ0) is 3.58. The molecule has 2 heteroatoms. The van der Waals surface area contributed by atoms with E-state index in [2.05, 4.69) is 13.9 Å². The van der Waals surface area contributed by atoms with Gasteiger partial charge in [-0.25, -0.2) is 0 Å². The molecule has 0 fully saturated rings. The Morgan fingerprint density at radius 2 is 1.00 bits per heavy atom. The average Bonchev–Trinajstić information content (AvgIpc) is 0.811. The van der Waals surface area contributed by atoms with Crippen molar-refractivity contribution >= 4 is 39.1 Å². The van der Waals surface area contributed by atoms with Crippen molar-refractivity contribution in [3.63, 3.8) is 0 Å². The van der Waals surface area contributed by atoms with Crippen LogP contribution in [0.1, 0.15) is 0 Å². The normalized spacial score (nSPS) is 7.20. The molecule has 0 saturated carbocycles. The van der Waals surface area contributed by atoms with E-state index in [0.29, 0.717) is 0 Å². The summed E-state index contributed by atoms with van der Waals surface area (Å²) in [4.78, 5) is 0. The second kappa shape index (κ2) is 5.42. The van der Waals surface area contributed by atoms with E-state index in [1.807, 2.05) is 0 Å². The molecule has 0 aromatic rings. The topological polar surface area (TPSA) is 0 Å². The van der Waals surface area contributed by atoms with Gasteiger partial charge in [0.15, 0.2) is 0 Å². The molecule has 3 radical (unpaired) electrons. The maximum absolute atomic E-state index is 2.37.